The van der Waals surface area contributed by atoms with Gasteiger partial charge in [0.05, 0.1) is 18.8 Å². The van der Waals surface area contributed by atoms with Gasteiger partial charge in [0, 0.05) is 19.3 Å². The van der Waals surface area contributed by atoms with Gasteiger partial charge in [-0.15, -0.1) is 0 Å². The number of aromatic nitrogens is 1. The van der Waals surface area contributed by atoms with Crippen LogP contribution in [0, 0.1) is 5.92 Å². The van der Waals surface area contributed by atoms with Crippen LogP contribution in [0.5, 0.6) is 0 Å². The van der Waals surface area contributed by atoms with Gasteiger partial charge in [-0.3, -0.25) is 9.88 Å². The van der Waals surface area contributed by atoms with E-state index in [2.05, 4.69) is 58.6 Å². The highest BCUT2D eigenvalue weighted by Crippen LogP contribution is 2.18. The lowest BCUT2D eigenvalue weighted by Gasteiger charge is -2.30. The van der Waals surface area contributed by atoms with Crippen molar-refractivity contribution in [3.05, 3.63) is 65.5 Å². The molecule has 1 aromatic carbocycles. The van der Waals surface area contributed by atoms with E-state index in [0.29, 0.717) is 13.1 Å². The largest absolute Gasteiger partial charge is 0.357 e. The summed E-state index contributed by atoms with van der Waals surface area (Å²) >= 11 is 0. The molecule has 1 aliphatic heterocycles. The minimum atomic E-state index is 0.666. The molecule has 0 unspecified atom stereocenters. The maximum Gasteiger partial charge on any atom is 0.191 e. The van der Waals surface area contributed by atoms with Crippen LogP contribution < -0.4 is 10.6 Å². The molecule has 0 amide bonds. The molecular weight excluding hydrogens is 346 g/mol. The number of nitrogens with one attached hydrogen (secondary N) is 2. The highest BCUT2D eigenvalue weighted by molar-refractivity contribution is 5.79. The fourth-order valence-electron chi connectivity index (χ4n) is 3.42. The van der Waals surface area contributed by atoms with Crippen LogP contribution in [-0.2, 0) is 19.6 Å². The molecule has 5 nitrogen and oxygen atoms in total. The fraction of sp³-hybridized carbons (Fsp3) is 0.478. The summed E-state index contributed by atoms with van der Waals surface area (Å²) < 4.78 is 0. The lowest BCUT2D eigenvalue weighted by atomic mass is 9.99. The molecule has 2 aromatic rings. The predicted octanol–water partition coefficient (Wildman–Crippen LogP) is 3.57. The van der Waals surface area contributed by atoms with Crippen molar-refractivity contribution in [1.82, 2.24) is 20.5 Å². The van der Waals surface area contributed by atoms with E-state index in [4.69, 9.17) is 4.99 Å². The van der Waals surface area contributed by atoms with Gasteiger partial charge in [0.2, 0.25) is 0 Å². The van der Waals surface area contributed by atoms with Crippen LogP contribution in [-0.4, -0.2) is 35.5 Å². The van der Waals surface area contributed by atoms with E-state index in [1.165, 1.54) is 37.1 Å². The second-order valence-electron chi connectivity index (χ2n) is 7.64. The summed E-state index contributed by atoms with van der Waals surface area (Å²) in [6, 6.07) is 14.8. The summed E-state index contributed by atoms with van der Waals surface area (Å²) in [5, 5.41) is 6.64. The van der Waals surface area contributed by atoms with Gasteiger partial charge < -0.3 is 10.6 Å². The van der Waals surface area contributed by atoms with E-state index in [0.717, 1.165) is 30.7 Å². The summed E-state index contributed by atoms with van der Waals surface area (Å²) in [5.41, 5.74) is 3.62. The third-order valence-corrected chi connectivity index (χ3v) is 5.23. The Labute approximate surface area is 169 Å². The summed E-state index contributed by atoms with van der Waals surface area (Å²) in [7, 11) is 0. The van der Waals surface area contributed by atoms with E-state index in [-0.39, 0.29) is 0 Å². The first-order valence-electron chi connectivity index (χ1n) is 10.4. The average molecular weight is 380 g/mol. The normalized spacial score (nSPS) is 16.1. The second-order valence-corrected chi connectivity index (χ2v) is 7.64. The van der Waals surface area contributed by atoms with E-state index < -0.39 is 0 Å². The van der Waals surface area contributed by atoms with Crippen molar-refractivity contribution in [3.8, 4) is 0 Å². The summed E-state index contributed by atoms with van der Waals surface area (Å²) in [6.07, 6.45) is 4.46. The zero-order chi connectivity index (χ0) is 19.6. The van der Waals surface area contributed by atoms with Crippen molar-refractivity contribution >= 4 is 5.96 Å². The van der Waals surface area contributed by atoms with Gasteiger partial charge in [-0.1, -0.05) is 37.3 Å². The van der Waals surface area contributed by atoms with Crippen LogP contribution in [0.4, 0.5) is 0 Å². The first kappa shape index (κ1) is 20.3. The number of piperidine rings is 1. The molecule has 150 valence electrons. The fourth-order valence-corrected chi connectivity index (χ4v) is 3.42. The Kier molecular flexibility index (Phi) is 7.85. The zero-order valence-corrected chi connectivity index (χ0v) is 17.2. The third kappa shape index (κ3) is 6.64. The molecule has 5 heteroatoms. The predicted molar refractivity (Wildman–Crippen MR) is 116 cm³/mol. The Hall–Kier alpha value is -2.40. The Morgan fingerprint density at radius 3 is 2.50 bits per heavy atom. The van der Waals surface area contributed by atoms with Crippen LogP contribution in [0.25, 0.3) is 0 Å². The monoisotopic (exact) mass is 379 g/mol. The van der Waals surface area contributed by atoms with Crippen molar-refractivity contribution in [2.75, 3.05) is 19.6 Å². The van der Waals surface area contributed by atoms with E-state index in [1.807, 2.05) is 24.4 Å². The minimum Gasteiger partial charge on any atom is -0.357 e. The first-order chi connectivity index (χ1) is 13.7. The molecule has 1 fully saturated rings. The van der Waals surface area contributed by atoms with E-state index in [9.17, 15) is 0 Å². The molecule has 2 heterocycles. The Morgan fingerprint density at radius 1 is 1.07 bits per heavy atom. The molecule has 0 spiro atoms. The van der Waals surface area contributed by atoms with Crippen LogP contribution >= 0.6 is 0 Å². The molecule has 1 aromatic heterocycles. The topological polar surface area (TPSA) is 52.6 Å². The lowest BCUT2D eigenvalue weighted by Crippen LogP contribution is -2.37. The minimum absolute atomic E-state index is 0.666. The standard InChI is InChI=1S/C23H33N5/c1-3-24-23(27-17-22-6-4-5-13-25-22)26-16-20-7-9-21(10-8-20)18-28-14-11-19(2)12-15-28/h4-10,13,19H,3,11-12,14-18H2,1-2H3,(H2,24,26,27). The highest BCUT2D eigenvalue weighted by atomic mass is 15.2. The highest BCUT2D eigenvalue weighted by Gasteiger charge is 2.15. The molecule has 2 N–H and O–H groups in total. The van der Waals surface area contributed by atoms with Gasteiger partial charge in [-0.2, -0.15) is 0 Å². The summed E-state index contributed by atoms with van der Waals surface area (Å²) in [5.74, 6) is 1.70. The summed E-state index contributed by atoms with van der Waals surface area (Å²) in [6.45, 7) is 10.1. The zero-order valence-electron chi connectivity index (χ0n) is 17.2. The second kappa shape index (κ2) is 10.8. The number of hydrogen-bond acceptors (Lipinski definition) is 3. The number of nitrogens with zero attached hydrogens (tertiary/aromatic N) is 3. The SMILES string of the molecule is CCNC(=NCc1ccc(CN2CCC(C)CC2)cc1)NCc1ccccn1. The molecule has 1 saturated heterocycles. The van der Waals surface area contributed by atoms with Crippen molar-refractivity contribution in [1.29, 1.82) is 0 Å². The van der Waals surface area contributed by atoms with Crippen LogP contribution in [0.15, 0.2) is 53.7 Å². The van der Waals surface area contributed by atoms with Crippen molar-refractivity contribution in [2.24, 2.45) is 10.9 Å². The quantitative estimate of drug-likeness (QED) is 0.570. The molecule has 0 aliphatic carbocycles. The first-order valence-corrected chi connectivity index (χ1v) is 10.4. The number of pyridine rings is 1. The molecule has 0 saturated carbocycles. The summed E-state index contributed by atoms with van der Waals surface area (Å²) in [4.78, 5) is 11.6. The van der Waals surface area contributed by atoms with Crippen LogP contribution in [0.3, 0.4) is 0 Å². The Bertz CT molecular complexity index is 718. The number of likely N-dealkylation sites (tertiary alicyclic amines) is 1. The van der Waals surface area contributed by atoms with Gasteiger partial charge in [0.15, 0.2) is 5.96 Å². The Morgan fingerprint density at radius 2 is 1.82 bits per heavy atom. The van der Waals surface area contributed by atoms with Crippen LogP contribution in [0.1, 0.15) is 43.5 Å². The number of benzene rings is 1. The van der Waals surface area contributed by atoms with E-state index in [1.54, 1.807) is 0 Å². The number of aliphatic imine (C=N–C) groups is 1. The molecule has 0 bridgehead atoms. The number of guanidine groups is 1. The smallest absolute Gasteiger partial charge is 0.191 e. The van der Waals surface area contributed by atoms with E-state index >= 15 is 0 Å². The maximum atomic E-state index is 4.71. The Balaban J connectivity index is 1.50. The number of hydrogen-bond donors (Lipinski definition) is 2. The van der Waals surface area contributed by atoms with Gasteiger partial charge in [-0.05, 0) is 62.0 Å². The average Bonchev–Trinajstić information content (AvgIpc) is 2.73. The molecule has 28 heavy (non-hydrogen) atoms. The van der Waals surface area contributed by atoms with Gasteiger partial charge in [-0.25, -0.2) is 4.99 Å². The molecule has 0 atom stereocenters. The molecule has 1 aliphatic rings. The molecule has 0 radical (unpaired) electrons. The van der Waals surface area contributed by atoms with Crippen molar-refractivity contribution < 1.29 is 0 Å². The molecule has 3 rings (SSSR count). The number of rotatable bonds is 7. The maximum absolute atomic E-state index is 4.71. The van der Waals surface area contributed by atoms with Crippen molar-refractivity contribution in [3.63, 3.8) is 0 Å². The lowest BCUT2D eigenvalue weighted by molar-refractivity contribution is 0.185. The molecular formula is C23H33N5. The third-order valence-electron chi connectivity index (χ3n) is 5.23. The van der Waals surface area contributed by atoms with Crippen LogP contribution in [0.2, 0.25) is 0 Å². The van der Waals surface area contributed by atoms with Gasteiger partial charge >= 0.3 is 0 Å². The van der Waals surface area contributed by atoms with Crippen molar-refractivity contribution in [2.45, 2.75) is 46.3 Å². The van der Waals surface area contributed by atoms with Gasteiger partial charge in [0.1, 0.15) is 0 Å². The van der Waals surface area contributed by atoms with Gasteiger partial charge in [0.25, 0.3) is 0 Å².